The number of imidazole rings is 1. The van der Waals surface area contributed by atoms with Crippen molar-refractivity contribution < 1.29 is 50.9 Å². The SMILES string of the molecule is CC(=O)N1CCn2c(-c3cnn(C)c3)cnc2C12CCN(Cc1nccs1)CC2.O=C(O)C(F)(F)F.O=C(O)C(F)(F)F. The molecule has 1 spiro atoms. The number of carboxylic acid groups (broad SMARTS) is 2. The largest absolute Gasteiger partial charge is 0.490 e. The van der Waals surface area contributed by atoms with Gasteiger partial charge in [-0.05, 0) is 12.8 Å². The number of hydrogen-bond donors (Lipinski definition) is 2. The minimum absolute atomic E-state index is 0.135. The van der Waals surface area contributed by atoms with Crippen LogP contribution in [0.25, 0.3) is 11.3 Å². The summed E-state index contributed by atoms with van der Waals surface area (Å²) in [6.45, 7) is 5.91. The number of carbonyl (C=O) groups is 3. The Labute approximate surface area is 244 Å². The molecule has 43 heavy (non-hydrogen) atoms. The number of aryl methyl sites for hydroxylation is 1. The summed E-state index contributed by atoms with van der Waals surface area (Å²) in [6, 6.07) is 0. The predicted molar refractivity (Wildman–Crippen MR) is 138 cm³/mol. The molecule has 3 aromatic heterocycles. The molecule has 0 saturated carbocycles. The number of amides is 1. The second-order valence-corrected chi connectivity index (χ2v) is 10.5. The molecular weight excluding hydrogens is 612 g/mol. The summed E-state index contributed by atoms with van der Waals surface area (Å²) in [5.41, 5.74) is 1.82. The number of rotatable bonds is 3. The highest BCUT2D eigenvalue weighted by Gasteiger charge is 2.48. The molecule has 0 atom stereocenters. The van der Waals surface area contributed by atoms with Gasteiger partial charge in [0.15, 0.2) is 0 Å². The van der Waals surface area contributed by atoms with Crippen molar-refractivity contribution in [3.05, 3.63) is 41.0 Å². The fourth-order valence-electron chi connectivity index (χ4n) is 4.85. The minimum atomic E-state index is -5.08. The minimum Gasteiger partial charge on any atom is -0.475 e. The monoisotopic (exact) mass is 639 g/mol. The molecule has 5 rings (SSSR count). The normalized spacial score (nSPS) is 16.4. The molecule has 0 unspecified atom stereocenters. The number of halogens is 6. The summed E-state index contributed by atoms with van der Waals surface area (Å²) in [4.78, 5) is 44.1. The maximum atomic E-state index is 12.6. The number of aromatic nitrogens is 5. The van der Waals surface area contributed by atoms with Crippen molar-refractivity contribution >= 4 is 29.2 Å². The summed E-state index contributed by atoms with van der Waals surface area (Å²) in [5.74, 6) is -4.36. The molecule has 2 N–H and O–H groups in total. The zero-order chi connectivity index (χ0) is 32.2. The van der Waals surface area contributed by atoms with Crippen LogP contribution in [0.5, 0.6) is 0 Å². The summed E-state index contributed by atoms with van der Waals surface area (Å²) in [7, 11) is 1.92. The third kappa shape index (κ3) is 8.09. The Morgan fingerprint density at radius 3 is 1.98 bits per heavy atom. The Hall–Kier alpha value is -4.00. The number of hydrogen-bond acceptors (Lipinski definition) is 8. The summed E-state index contributed by atoms with van der Waals surface area (Å²) in [6.07, 6.45) is -0.681. The Morgan fingerprint density at radius 2 is 1.53 bits per heavy atom. The van der Waals surface area contributed by atoms with Gasteiger partial charge < -0.3 is 19.7 Å². The van der Waals surface area contributed by atoms with Crippen molar-refractivity contribution in [2.75, 3.05) is 19.6 Å². The molecule has 1 fully saturated rings. The molecule has 12 nitrogen and oxygen atoms in total. The standard InChI is InChI=1S/C20H25N7OS.2C2HF3O2/c1-15(28)27-9-8-26-17(16-11-23-24(2)13-16)12-22-19(26)20(27)3-6-25(7-4-20)14-18-21-5-10-29-18;2*3-2(4,5)1(6)7/h5,10-13H,3-4,6-9,14H2,1-2H3;2*(H,6,7). The number of nitrogens with zero attached hydrogens (tertiary/aromatic N) is 7. The Bertz CT molecular complexity index is 1390. The smallest absolute Gasteiger partial charge is 0.475 e. The van der Waals surface area contributed by atoms with Gasteiger partial charge in [0, 0.05) is 63.5 Å². The molecular formula is C24H27F6N7O5S. The van der Waals surface area contributed by atoms with Crippen LogP contribution in [0, 0.1) is 0 Å². The van der Waals surface area contributed by atoms with Gasteiger partial charge in [0.2, 0.25) is 5.91 Å². The quantitative estimate of drug-likeness (QED) is 0.412. The van der Waals surface area contributed by atoms with Crippen molar-refractivity contribution in [3.8, 4) is 11.3 Å². The van der Waals surface area contributed by atoms with E-state index in [0.29, 0.717) is 0 Å². The van der Waals surface area contributed by atoms with Crippen LogP contribution in [0.15, 0.2) is 30.2 Å². The van der Waals surface area contributed by atoms with E-state index in [1.165, 1.54) is 0 Å². The number of piperidine rings is 1. The average Bonchev–Trinajstić information content (AvgIpc) is 3.66. The molecule has 0 aromatic carbocycles. The van der Waals surface area contributed by atoms with Crippen LogP contribution in [-0.2, 0) is 40.1 Å². The van der Waals surface area contributed by atoms with Crippen LogP contribution in [0.4, 0.5) is 26.3 Å². The van der Waals surface area contributed by atoms with Crippen molar-refractivity contribution in [2.45, 2.75) is 50.7 Å². The van der Waals surface area contributed by atoms with Gasteiger partial charge in [0.25, 0.3) is 0 Å². The van der Waals surface area contributed by atoms with Gasteiger partial charge in [-0.15, -0.1) is 11.3 Å². The number of likely N-dealkylation sites (tertiary alicyclic amines) is 1. The number of thiazole rings is 1. The van der Waals surface area contributed by atoms with E-state index in [2.05, 4.69) is 24.4 Å². The fraction of sp³-hybridized carbons (Fsp3) is 0.500. The second kappa shape index (κ2) is 13.1. The molecule has 0 aliphatic carbocycles. The molecule has 0 radical (unpaired) electrons. The average molecular weight is 640 g/mol. The van der Waals surface area contributed by atoms with Gasteiger partial charge in [0.05, 0.1) is 24.6 Å². The molecule has 19 heteroatoms. The first-order valence-electron chi connectivity index (χ1n) is 12.5. The van der Waals surface area contributed by atoms with Gasteiger partial charge in [-0.25, -0.2) is 19.6 Å². The van der Waals surface area contributed by atoms with E-state index in [1.54, 1.807) is 18.3 Å². The summed E-state index contributed by atoms with van der Waals surface area (Å²) >= 11 is 1.70. The van der Waals surface area contributed by atoms with E-state index in [0.717, 1.165) is 67.7 Å². The lowest BCUT2D eigenvalue weighted by Gasteiger charge is -2.50. The van der Waals surface area contributed by atoms with Crippen LogP contribution in [-0.4, -0.2) is 94.2 Å². The second-order valence-electron chi connectivity index (χ2n) is 9.53. The Kier molecular flexibility index (Phi) is 10.2. The van der Waals surface area contributed by atoms with E-state index in [-0.39, 0.29) is 11.4 Å². The zero-order valence-electron chi connectivity index (χ0n) is 22.8. The van der Waals surface area contributed by atoms with Crippen molar-refractivity contribution in [1.29, 1.82) is 0 Å². The van der Waals surface area contributed by atoms with E-state index < -0.39 is 24.3 Å². The van der Waals surface area contributed by atoms with Gasteiger partial charge in [0.1, 0.15) is 16.4 Å². The molecule has 2 aliphatic rings. The number of carboxylic acids is 2. The maximum Gasteiger partial charge on any atom is 0.490 e. The van der Waals surface area contributed by atoms with E-state index in [1.807, 2.05) is 41.9 Å². The third-order valence-corrected chi connectivity index (χ3v) is 7.49. The van der Waals surface area contributed by atoms with Gasteiger partial charge in [-0.1, -0.05) is 0 Å². The van der Waals surface area contributed by atoms with Crippen molar-refractivity contribution in [2.24, 2.45) is 7.05 Å². The van der Waals surface area contributed by atoms with Gasteiger partial charge >= 0.3 is 24.3 Å². The number of aliphatic carboxylic acids is 2. The van der Waals surface area contributed by atoms with Crippen molar-refractivity contribution in [3.63, 3.8) is 0 Å². The van der Waals surface area contributed by atoms with Crippen molar-refractivity contribution in [1.82, 2.24) is 34.1 Å². The molecule has 5 heterocycles. The Balaban J connectivity index is 0.000000303. The molecule has 2 aliphatic heterocycles. The molecule has 3 aromatic rings. The lowest BCUT2D eigenvalue weighted by Crippen LogP contribution is -2.59. The first-order chi connectivity index (χ1) is 20.0. The summed E-state index contributed by atoms with van der Waals surface area (Å²) in [5, 5.41) is 21.7. The molecule has 236 valence electrons. The molecule has 0 bridgehead atoms. The zero-order valence-corrected chi connectivity index (χ0v) is 23.6. The first-order valence-corrected chi connectivity index (χ1v) is 13.4. The summed E-state index contributed by atoms with van der Waals surface area (Å²) < 4.78 is 67.6. The fourth-order valence-corrected chi connectivity index (χ4v) is 5.51. The van der Waals surface area contributed by atoms with Gasteiger partial charge in [-0.2, -0.15) is 31.4 Å². The van der Waals surface area contributed by atoms with E-state index in [4.69, 9.17) is 24.8 Å². The van der Waals surface area contributed by atoms with E-state index in [9.17, 15) is 31.1 Å². The Morgan fingerprint density at radius 1 is 0.953 bits per heavy atom. The number of alkyl halides is 6. The third-order valence-electron chi connectivity index (χ3n) is 6.73. The highest BCUT2D eigenvalue weighted by atomic mass is 32.1. The lowest BCUT2D eigenvalue weighted by atomic mass is 9.83. The molecule has 1 saturated heterocycles. The van der Waals surface area contributed by atoms with Gasteiger partial charge in [-0.3, -0.25) is 14.4 Å². The number of carbonyl (C=O) groups excluding carboxylic acids is 1. The van der Waals surface area contributed by atoms with Crippen LogP contribution in [0.3, 0.4) is 0 Å². The first kappa shape index (κ1) is 33.5. The van der Waals surface area contributed by atoms with Crippen LogP contribution in [0.2, 0.25) is 0 Å². The highest BCUT2D eigenvalue weighted by Crippen LogP contribution is 2.42. The number of fused-ring (bicyclic) bond motifs is 2. The topological polar surface area (TPSA) is 147 Å². The maximum absolute atomic E-state index is 12.6. The molecule has 1 amide bonds. The van der Waals surface area contributed by atoms with Crippen LogP contribution < -0.4 is 0 Å². The van der Waals surface area contributed by atoms with E-state index >= 15 is 0 Å². The predicted octanol–water partition coefficient (Wildman–Crippen LogP) is 3.36. The van der Waals surface area contributed by atoms with Crippen LogP contribution >= 0.6 is 11.3 Å². The lowest BCUT2D eigenvalue weighted by molar-refractivity contribution is -0.193. The van der Waals surface area contributed by atoms with Crippen LogP contribution in [0.1, 0.15) is 30.6 Å². The highest BCUT2D eigenvalue weighted by molar-refractivity contribution is 7.09.